The molecule has 3 heterocycles. The standard InChI is InChI=1S/C12H11N3O6S/c1-2-4(16)6-3-5(17)10(21-6)15-8-7(22-12(15)20)9(18)14-11(19)13-8/h1,4-6,10,16-17H,3H2,(H2,13,14,18,19). The van der Waals surface area contributed by atoms with Crippen molar-refractivity contribution in [3.63, 3.8) is 0 Å². The largest absolute Gasteiger partial charge is 0.480 e. The van der Waals surface area contributed by atoms with Gasteiger partial charge in [0.25, 0.3) is 11.6 Å². The first-order chi connectivity index (χ1) is 10.4. The van der Waals surface area contributed by atoms with Crippen LogP contribution in [0.15, 0.2) is 9.59 Å². The van der Waals surface area contributed by atoms with Gasteiger partial charge in [-0.3, -0.25) is 19.1 Å². The quantitative estimate of drug-likeness (QED) is 0.493. The highest BCUT2D eigenvalue weighted by atomic mass is 32.1. The van der Waals surface area contributed by atoms with Crippen LogP contribution in [0.25, 0.3) is 10.3 Å². The number of aromatic hydroxyl groups is 1. The maximum Gasteiger partial charge on any atom is 0.311 e. The molecule has 4 atom stereocenters. The lowest BCUT2D eigenvalue weighted by molar-refractivity contribution is -0.0620. The predicted molar refractivity (Wildman–Crippen MR) is 75.5 cm³/mol. The summed E-state index contributed by atoms with van der Waals surface area (Å²) >= 11 is 0.614. The molecule has 4 unspecified atom stereocenters. The number of rotatable bonds is 2. The lowest BCUT2D eigenvalue weighted by Crippen LogP contribution is -2.28. The molecule has 0 saturated carbocycles. The van der Waals surface area contributed by atoms with Crippen molar-refractivity contribution in [1.82, 2.24) is 14.5 Å². The number of nitrogens with one attached hydrogen (secondary N) is 1. The second-order valence-corrected chi connectivity index (χ2v) is 5.72. The summed E-state index contributed by atoms with van der Waals surface area (Å²) in [6.07, 6.45) is 0.780. The summed E-state index contributed by atoms with van der Waals surface area (Å²) in [5.41, 5.74) is -0.771. The van der Waals surface area contributed by atoms with Crippen molar-refractivity contribution in [3.8, 4) is 18.4 Å². The van der Waals surface area contributed by atoms with Gasteiger partial charge in [-0.2, -0.15) is 4.98 Å². The maximum absolute atomic E-state index is 12.1. The van der Waals surface area contributed by atoms with E-state index >= 15 is 0 Å². The minimum absolute atomic E-state index is 0.000418. The van der Waals surface area contributed by atoms with Crippen molar-refractivity contribution in [2.45, 2.75) is 31.0 Å². The van der Waals surface area contributed by atoms with Gasteiger partial charge in [-0.1, -0.05) is 17.3 Å². The van der Waals surface area contributed by atoms with Crippen LogP contribution in [0.2, 0.25) is 0 Å². The Kier molecular flexibility index (Phi) is 3.50. The molecule has 3 rings (SSSR count). The van der Waals surface area contributed by atoms with Gasteiger partial charge >= 0.3 is 4.87 Å². The van der Waals surface area contributed by atoms with Crippen LogP contribution in [-0.2, 0) is 4.74 Å². The molecule has 0 radical (unpaired) electrons. The minimum atomic E-state index is -1.23. The third kappa shape index (κ3) is 2.20. The Balaban J connectivity index is 2.11. The third-order valence-electron chi connectivity index (χ3n) is 3.36. The number of ether oxygens (including phenoxy) is 1. The molecule has 0 aliphatic carbocycles. The molecule has 4 N–H and O–H groups in total. The number of fused-ring (bicyclic) bond motifs is 1. The Hall–Kier alpha value is -2.19. The first kappa shape index (κ1) is 14.7. The molecule has 2 aromatic rings. The van der Waals surface area contributed by atoms with Crippen LogP contribution in [0, 0.1) is 12.3 Å². The summed E-state index contributed by atoms with van der Waals surface area (Å²) in [7, 11) is 0. The second-order valence-electron chi connectivity index (χ2n) is 4.76. The van der Waals surface area contributed by atoms with E-state index in [2.05, 4.69) is 15.9 Å². The van der Waals surface area contributed by atoms with Gasteiger partial charge in [0.05, 0.1) is 0 Å². The normalized spacial score (nSPS) is 26.1. The molecule has 116 valence electrons. The smallest absolute Gasteiger partial charge is 0.311 e. The Labute approximate surface area is 126 Å². The number of nitrogens with zero attached hydrogens (tertiary/aromatic N) is 2. The topological polar surface area (TPSA) is 138 Å². The molecule has 22 heavy (non-hydrogen) atoms. The Morgan fingerprint density at radius 2 is 2.27 bits per heavy atom. The molecule has 0 bridgehead atoms. The maximum atomic E-state index is 12.1. The van der Waals surface area contributed by atoms with Gasteiger partial charge in [-0.25, -0.2) is 0 Å². The fourth-order valence-corrected chi connectivity index (χ4v) is 3.21. The number of H-pyrrole nitrogens is 1. The van der Waals surface area contributed by atoms with Crippen LogP contribution >= 0.6 is 11.3 Å². The van der Waals surface area contributed by atoms with Crippen LogP contribution in [0.1, 0.15) is 12.6 Å². The molecule has 10 heteroatoms. The van der Waals surface area contributed by atoms with Gasteiger partial charge in [-0.05, 0) is 0 Å². The first-order valence-corrected chi connectivity index (χ1v) is 7.06. The number of aromatic amines is 1. The SMILES string of the molecule is C#CC(O)C1CC(O)C(n2c(=O)sc3c(=O)[nH]c(O)nc32)O1. The van der Waals surface area contributed by atoms with Crippen molar-refractivity contribution in [1.29, 1.82) is 0 Å². The molecule has 1 aliphatic heterocycles. The Morgan fingerprint density at radius 3 is 2.95 bits per heavy atom. The molecule has 1 aliphatic rings. The van der Waals surface area contributed by atoms with Crippen LogP contribution in [-0.4, -0.2) is 48.2 Å². The van der Waals surface area contributed by atoms with Gasteiger partial charge < -0.3 is 20.1 Å². The summed E-state index contributed by atoms with van der Waals surface area (Å²) in [4.78, 5) is 29.0. The van der Waals surface area contributed by atoms with E-state index in [4.69, 9.17) is 11.2 Å². The van der Waals surface area contributed by atoms with Crippen LogP contribution in [0.4, 0.5) is 0 Å². The van der Waals surface area contributed by atoms with Crippen molar-refractivity contribution >= 4 is 21.7 Å². The van der Waals surface area contributed by atoms with E-state index in [9.17, 15) is 24.9 Å². The molecule has 0 spiro atoms. The van der Waals surface area contributed by atoms with E-state index in [0.29, 0.717) is 11.3 Å². The van der Waals surface area contributed by atoms with E-state index < -0.39 is 41.0 Å². The van der Waals surface area contributed by atoms with Gasteiger partial charge in [0.15, 0.2) is 11.9 Å². The Bertz CT molecular complexity index is 878. The number of hydrogen-bond acceptors (Lipinski definition) is 8. The van der Waals surface area contributed by atoms with E-state index in [1.807, 2.05) is 0 Å². The zero-order valence-electron chi connectivity index (χ0n) is 11.0. The fraction of sp³-hybridized carbons (Fsp3) is 0.417. The molecule has 9 nitrogen and oxygen atoms in total. The average molecular weight is 325 g/mol. The summed E-state index contributed by atoms with van der Waals surface area (Å²) in [6, 6.07) is -0.656. The summed E-state index contributed by atoms with van der Waals surface area (Å²) in [5.74, 6) is 2.09. The van der Waals surface area contributed by atoms with Gasteiger partial charge in [0.1, 0.15) is 23.0 Å². The van der Waals surface area contributed by atoms with Gasteiger partial charge in [0, 0.05) is 6.42 Å². The van der Waals surface area contributed by atoms with E-state index in [1.54, 1.807) is 0 Å². The first-order valence-electron chi connectivity index (χ1n) is 6.24. The summed E-state index contributed by atoms with van der Waals surface area (Å²) < 4.78 is 6.41. The minimum Gasteiger partial charge on any atom is -0.480 e. The van der Waals surface area contributed by atoms with Crippen molar-refractivity contribution in [3.05, 3.63) is 20.0 Å². The van der Waals surface area contributed by atoms with E-state index in [0.717, 1.165) is 4.57 Å². The Morgan fingerprint density at radius 1 is 1.55 bits per heavy atom. The lowest BCUT2D eigenvalue weighted by Gasteiger charge is -2.17. The molecule has 1 saturated heterocycles. The number of thiazole rings is 1. The van der Waals surface area contributed by atoms with E-state index in [-0.39, 0.29) is 16.8 Å². The molecule has 1 fully saturated rings. The number of aliphatic hydroxyl groups is 2. The highest BCUT2D eigenvalue weighted by Crippen LogP contribution is 2.32. The molecule has 2 aromatic heterocycles. The zero-order valence-corrected chi connectivity index (χ0v) is 11.8. The summed E-state index contributed by atoms with van der Waals surface area (Å²) in [5, 5.41) is 29.0. The number of hydrogen-bond donors (Lipinski definition) is 4. The van der Waals surface area contributed by atoms with Crippen molar-refractivity contribution in [2.24, 2.45) is 0 Å². The van der Waals surface area contributed by atoms with Crippen LogP contribution in [0.5, 0.6) is 6.01 Å². The predicted octanol–water partition coefficient (Wildman–Crippen LogP) is -1.51. The van der Waals surface area contributed by atoms with Crippen LogP contribution < -0.4 is 10.4 Å². The lowest BCUT2D eigenvalue weighted by atomic mass is 10.1. The van der Waals surface area contributed by atoms with Gasteiger partial charge in [-0.15, -0.1) is 6.42 Å². The van der Waals surface area contributed by atoms with E-state index in [1.165, 1.54) is 0 Å². The van der Waals surface area contributed by atoms with Crippen molar-refractivity contribution < 1.29 is 20.1 Å². The number of terminal acetylenes is 1. The van der Waals surface area contributed by atoms with Crippen LogP contribution in [0.3, 0.4) is 0 Å². The third-order valence-corrected chi connectivity index (χ3v) is 4.30. The highest BCUT2D eigenvalue weighted by Gasteiger charge is 2.40. The number of aromatic nitrogens is 3. The monoisotopic (exact) mass is 325 g/mol. The highest BCUT2D eigenvalue weighted by molar-refractivity contribution is 7.16. The fourth-order valence-electron chi connectivity index (χ4n) is 2.36. The average Bonchev–Trinajstić information content (AvgIpc) is 2.98. The van der Waals surface area contributed by atoms with Gasteiger partial charge in [0.2, 0.25) is 0 Å². The molecule has 0 amide bonds. The second kappa shape index (κ2) is 5.22. The summed E-state index contributed by atoms with van der Waals surface area (Å²) in [6.45, 7) is 0. The molecular weight excluding hydrogens is 314 g/mol. The number of aliphatic hydroxyl groups excluding tert-OH is 2. The molecule has 0 aromatic carbocycles. The van der Waals surface area contributed by atoms with Crippen molar-refractivity contribution in [2.75, 3.05) is 0 Å². The molecular formula is C12H11N3O6S. The zero-order chi connectivity index (χ0) is 16.0.